The fourth-order valence-electron chi connectivity index (χ4n) is 3.11. The van der Waals surface area contributed by atoms with E-state index in [0.29, 0.717) is 40.8 Å². The summed E-state index contributed by atoms with van der Waals surface area (Å²) in [6.45, 7) is 3.88. The average molecular weight is 448 g/mol. The van der Waals surface area contributed by atoms with Crippen molar-refractivity contribution in [3.63, 3.8) is 0 Å². The van der Waals surface area contributed by atoms with Crippen molar-refractivity contribution in [2.24, 2.45) is 0 Å². The molecule has 0 fully saturated rings. The first-order valence-electron chi connectivity index (χ1n) is 8.81. The van der Waals surface area contributed by atoms with E-state index in [0.717, 1.165) is 10.5 Å². The van der Waals surface area contributed by atoms with E-state index in [4.69, 9.17) is 4.74 Å². The summed E-state index contributed by atoms with van der Waals surface area (Å²) in [5.41, 5.74) is 1.73. The molecular formula is C21H19BrFNO4. The lowest BCUT2D eigenvalue weighted by Gasteiger charge is -2.08. The fourth-order valence-corrected chi connectivity index (χ4v) is 3.37. The Morgan fingerprint density at radius 2 is 1.89 bits per heavy atom. The highest BCUT2D eigenvalue weighted by atomic mass is 79.9. The second-order valence-corrected chi connectivity index (χ2v) is 7.35. The number of fused-ring (bicyclic) bond motifs is 1. The summed E-state index contributed by atoms with van der Waals surface area (Å²) < 4.78 is 21.4. The Labute approximate surface area is 169 Å². The predicted octanol–water partition coefficient (Wildman–Crippen LogP) is 4.74. The number of ether oxygens (including phenoxy) is 1. The molecule has 1 heterocycles. The molecule has 5 nitrogen and oxygen atoms in total. The zero-order valence-corrected chi connectivity index (χ0v) is 17.0. The molecule has 7 heteroatoms. The zero-order chi connectivity index (χ0) is 20.4. The third-order valence-electron chi connectivity index (χ3n) is 4.49. The van der Waals surface area contributed by atoms with Crippen molar-refractivity contribution in [3.8, 4) is 5.75 Å². The summed E-state index contributed by atoms with van der Waals surface area (Å²) in [6, 6.07) is 9.14. The van der Waals surface area contributed by atoms with Gasteiger partial charge in [-0.05, 0) is 49.2 Å². The number of rotatable bonds is 5. The Hall–Kier alpha value is -2.67. The lowest BCUT2D eigenvalue weighted by atomic mass is 10.1. The van der Waals surface area contributed by atoms with Crippen LogP contribution in [0.25, 0.3) is 10.9 Å². The smallest absolute Gasteiger partial charge is 0.310 e. The molecular weight excluding hydrogens is 429 g/mol. The largest absolute Gasteiger partial charge is 0.505 e. The minimum Gasteiger partial charge on any atom is -0.505 e. The Balaban J connectivity index is 2.15. The van der Waals surface area contributed by atoms with E-state index in [9.17, 15) is 19.1 Å². The molecule has 0 atom stereocenters. The quantitative estimate of drug-likeness (QED) is 0.573. The summed E-state index contributed by atoms with van der Waals surface area (Å²) in [4.78, 5) is 25.3. The van der Waals surface area contributed by atoms with Crippen LogP contribution in [0.1, 0.15) is 35.0 Å². The molecule has 1 N–H and O–H groups in total. The highest BCUT2D eigenvalue weighted by molar-refractivity contribution is 9.10. The van der Waals surface area contributed by atoms with Gasteiger partial charge < -0.3 is 9.84 Å². The monoisotopic (exact) mass is 447 g/mol. The van der Waals surface area contributed by atoms with Crippen LogP contribution in [-0.2, 0) is 16.0 Å². The van der Waals surface area contributed by atoms with Crippen molar-refractivity contribution in [2.75, 3.05) is 6.61 Å². The van der Waals surface area contributed by atoms with Crippen LogP contribution in [0.4, 0.5) is 4.39 Å². The number of aromatic hydroxyl groups is 1. The van der Waals surface area contributed by atoms with E-state index < -0.39 is 17.5 Å². The number of hydrogen-bond donors (Lipinski definition) is 1. The molecule has 28 heavy (non-hydrogen) atoms. The molecule has 3 aromatic rings. The Bertz CT molecular complexity index is 1060. The molecule has 2 aromatic carbocycles. The van der Waals surface area contributed by atoms with E-state index in [1.807, 2.05) is 6.92 Å². The number of benzene rings is 2. The second-order valence-electron chi connectivity index (χ2n) is 6.43. The van der Waals surface area contributed by atoms with Crippen molar-refractivity contribution in [2.45, 2.75) is 26.7 Å². The minimum absolute atomic E-state index is 0.0754. The number of phenols is 1. The van der Waals surface area contributed by atoms with Gasteiger partial charge in [0.2, 0.25) is 0 Å². The normalized spacial score (nSPS) is 11.0. The van der Waals surface area contributed by atoms with E-state index in [2.05, 4.69) is 15.9 Å². The first kappa shape index (κ1) is 20.1. The molecule has 0 spiro atoms. The van der Waals surface area contributed by atoms with Crippen LogP contribution in [0.5, 0.6) is 5.75 Å². The fraction of sp³-hybridized carbons (Fsp3) is 0.238. The topological polar surface area (TPSA) is 68.5 Å². The van der Waals surface area contributed by atoms with E-state index in [-0.39, 0.29) is 12.3 Å². The van der Waals surface area contributed by atoms with Gasteiger partial charge in [0.05, 0.1) is 18.5 Å². The van der Waals surface area contributed by atoms with Crippen molar-refractivity contribution >= 4 is 38.7 Å². The van der Waals surface area contributed by atoms with Gasteiger partial charge in [-0.2, -0.15) is 0 Å². The maximum Gasteiger partial charge on any atom is 0.310 e. The molecule has 0 saturated carbocycles. The Morgan fingerprint density at radius 1 is 1.21 bits per heavy atom. The molecule has 3 rings (SSSR count). The van der Waals surface area contributed by atoms with Crippen molar-refractivity contribution in [1.82, 2.24) is 4.57 Å². The van der Waals surface area contributed by atoms with Gasteiger partial charge in [-0.15, -0.1) is 0 Å². The number of carbonyl (C=O) groups is 2. The van der Waals surface area contributed by atoms with Gasteiger partial charge in [-0.25, -0.2) is 4.39 Å². The molecule has 0 amide bonds. The van der Waals surface area contributed by atoms with Crippen molar-refractivity contribution < 1.29 is 23.8 Å². The number of phenolic OH excluding ortho intramolecular Hbond substituents is 1. The van der Waals surface area contributed by atoms with Crippen LogP contribution in [0.3, 0.4) is 0 Å². The maximum absolute atomic E-state index is 14.0. The average Bonchev–Trinajstić information content (AvgIpc) is 2.91. The van der Waals surface area contributed by atoms with Crippen LogP contribution in [0, 0.1) is 12.7 Å². The molecule has 0 aliphatic carbocycles. The molecule has 0 bridgehead atoms. The summed E-state index contributed by atoms with van der Waals surface area (Å²) in [7, 11) is 0. The standard InChI is InChI=1S/C21H19BrFNO4/c1-3-8-28-20(26)10-15-12(2)24(18-11-17(23)19(25)9-16(15)18)21(27)13-4-6-14(22)7-5-13/h4-7,9,11,25H,3,8,10H2,1-2H3. The van der Waals surface area contributed by atoms with Gasteiger partial charge in [0.15, 0.2) is 11.6 Å². The maximum atomic E-state index is 14.0. The van der Waals surface area contributed by atoms with Gasteiger partial charge in [0, 0.05) is 27.2 Å². The lowest BCUT2D eigenvalue weighted by molar-refractivity contribution is -0.142. The van der Waals surface area contributed by atoms with Gasteiger partial charge in [-0.1, -0.05) is 22.9 Å². The number of esters is 1. The van der Waals surface area contributed by atoms with Gasteiger partial charge in [0.25, 0.3) is 5.91 Å². The lowest BCUT2D eigenvalue weighted by Crippen LogP contribution is -2.14. The van der Waals surface area contributed by atoms with Crippen LogP contribution in [-0.4, -0.2) is 28.2 Å². The van der Waals surface area contributed by atoms with Crippen molar-refractivity contribution in [3.05, 3.63) is 63.5 Å². The Kier molecular flexibility index (Phi) is 5.84. The van der Waals surface area contributed by atoms with Crippen LogP contribution >= 0.6 is 15.9 Å². The minimum atomic E-state index is -0.838. The SMILES string of the molecule is CCCOC(=O)Cc1c(C)n(C(=O)c2ccc(Br)cc2)c2cc(F)c(O)cc12. The molecule has 0 radical (unpaired) electrons. The van der Waals surface area contributed by atoms with E-state index in [1.54, 1.807) is 31.2 Å². The van der Waals surface area contributed by atoms with Gasteiger partial charge in [-0.3, -0.25) is 14.2 Å². The molecule has 1 aromatic heterocycles. The van der Waals surface area contributed by atoms with E-state index in [1.165, 1.54) is 10.6 Å². The number of halogens is 2. The second kappa shape index (κ2) is 8.14. The number of nitrogens with zero attached hydrogens (tertiary/aromatic N) is 1. The molecule has 0 saturated heterocycles. The summed E-state index contributed by atoms with van der Waals surface area (Å²) in [6.07, 6.45) is 0.620. The first-order valence-corrected chi connectivity index (χ1v) is 9.61. The summed E-state index contributed by atoms with van der Waals surface area (Å²) in [5.74, 6) is -2.17. The van der Waals surface area contributed by atoms with Crippen LogP contribution in [0.2, 0.25) is 0 Å². The molecule has 146 valence electrons. The Morgan fingerprint density at radius 3 is 2.54 bits per heavy atom. The summed E-state index contributed by atoms with van der Waals surface area (Å²) in [5, 5.41) is 10.3. The highest BCUT2D eigenvalue weighted by Crippen LogP contribution is 2.32. The van der Waals surface area contributed by atoms with Crippen LogP contribution in [0.15, 0.2) is 40.9 Å². The molecule has 0 aliphatic rings. The third-order valence-corrected chi connectivity index (χ3v) is 5.01. The highest BCUT2D eigenvalue weighted by Gasteiger charge is 2.23. The zero-order valence-electron chi connectivity index (χ0n) is 15.5. The van der Waals surface area contributed by atoms with Gasteiger partial charge >= 0.3 is 5.97 Å². The van der Waals surface area contributed by atoms with Crippen molar-refractivity contribution in [1.29, 1.82) is 0 Å². The number of aromatic nitrogens is 1. The number of carbonyl (C=O) groups excluding carboxylic acids is 2. The summed E-state index contributed by atoms with van der Waals surface area (Å²) >= 11 is 3.33. The first-order chi connectivity index (χ1) is 13.3. The predicted molar refractivity (Wildman–Crippen MR) is 107 cm³/mol. The van der Waals surface area contributed by atoms with E-state index >= 15 is 0 Å². The molecule has 0 aliphatic heterocycles. The third kappa shape index (κ3) is 3.80. The number of hydrogen-bond acceptors (Lipinski definition) is 4. The molecule has 0 unspecified atom stereocenters. The van der Waals surface area contributed by atoms with Crippen LogP contribution < -0.4 is 0 Å². The van der Waals surface area contributed by atoms with Gasteiger partial charge in [0.1, 0.15) is 0 Å².